The third-order valence-electron chi connectivity index (χ3n) is 3.48. The Bertz CT molecular complexity index is 602. The van der Waals surface area contributed by atoms with E-state index in [1.165, 1.54) is 17.0 Å². The molecule has 2 amide bonds. The zero-order valence-electron chi connectivity index (χ0n) is 11.8. The number of carbonyl (C=O) groups is 2. The number of benzene rings is 1. The molecule has 1 heterocycles. The zero-order valence-corrected chi connectivity index (χ0v) is 11.8. The van der Waals surface area contributed by atoms with Crippen LogP contribution in [-0.2, 0) is 4.79 Å². The maximum absolute atomic E-state index is 12.6. The van der Waals surface area contributed by atoms with E-state index in [-0.39, 0.29) is 22.8 Å². The Morgan fingerprint density at radius 3 is 2.86 bits per heavy atom. The Hall–Kier alpha value is -2.64. The van der Waals surface area contributed by atoms with Gasteiger partial charge in [-0.3, -0.25) is 19.7 Å². The molecule has 0 radical (unpaired) electrons. The van der Waals surface area contributed by atoms with Gasteiger partial charge in [0.05, 0.1) is 4.92 Å². The van der Waals surface area contributed by atoms with Gasteiger partial charge in [0.2, 0.25) is 5.91 Å². The topological polar surface area (TPSA) is 105 Å². The molecule has 1 aliphatic rings. The van der Waals surface area contributed by atoms with Crippen LogP contribution < -0.4 is 10.6 Å². The summed E-state index contributed by atoms with van der Waals surface area (Å²) in [6, 6.07) is 3.85. The van der Waals surface area contributed by atoms with Crippen molar-refractivity contribution in [3.63, 3.8) is 0 Å². The van der Waals surface area contributed by atoms with Crippen LogP contribution in [0.15, 0.2) is 18.2 Å². The SMILES string of the molecule is CNc1cccc(C(=O)N2CCNC(=O)C2C)c1[N+](=O)[O-]. The molecule has 0 saturated carbocycles. The normalized spacial score (nSPS) is 18.1. The number of carbonyl (C=O) groups excluding carboxylic acids is 2. The number of hydrogen-bond donors (Lipinski definition) is 2. The van der Waals surface area contributed by atoms with Gasteiger partial charge in [0.15, 0.2) is 0 Å². The average molecular weight is 292 g/mol. The molecule has 1 aliphatic heterocycles. The van der Waals surface area contributed by atoms with Crippen LogP contribution in [0.3, 0.4) is 0 Å². The summed E-state index contributed by atoms with van der Waals surface area (Å²) in [4.78, 5) is 36.2. The van der Waals surface area contributed by atoms with E-state index in [2.05, 4.69) is 10.6 Å². The summed E-state index contributed by atoms with van der Waals surface area (Å²) in [5.41, 5.74) is -0.0310. The smallest absolute Gasteiger partial charge is 0.305 e. The maximum Gasteiger partial charge on any atom is 0.305 e. The highest BCUT2D eigenvalue weighted by Crippen LogP contribution is 2.29. The monoisotopic (exact) mass is 292 g/mol. The number of anilines is 1. The molecule has 8 nitrogen and oxygen atoms in total. The van der Waals surface area contributed by atoms with Crippen LogP contribution in [0.5, 0.6) is 0 Å². The van der Waals surface area contributed by atoms with Gasteiger partial charge >= 0.3 is 5.69 Å². The van der Waals surface area contributed by atoms with Gasteiger partial charge in [-0.2, -0.15) is 0 Å². The number of piperazine rings is 1. The summed E-state index contributed by atoms with van der Waals surface area (Å²) >= 11 is 0. The van der Waals surface area contributed by atoms with Crippen LogP contribution in [0.25, 0.3) is 0 Å². The summed E-state index contributed by atoms with van der Waals surface area (Å²) in [5, 5.41) is 16.6. The van der Waals surface area contributed by atoms with E-state index in [0.29, 0.717) is 13.1 Å². The second kappa shape index (κ2) is 5.78. The Labute approximate surface area is 121 Å². The molecule has 1 aromatic rings. The van der Waals surface area contributed by atoms with Gasteiger partial charge < -0.3 is 15.5 Å². The lowest BCUT2D eigenvalue weighted by atomic mass is 10.1. The molecular weight excluding hydrogens is 276 g/mol. The van der Waals surface area contributed by atoms with E-state index in [0.717, 1.165) is 0 Å². The minimum Gasteiger partial charge on any atom is -0.383 e. The first kappa shape index (κ1) is 14.8. The molecule has 0 spiro atoms. The minimum absolute atomic E-state index is 0.0200. The molecule has 1 unspecified atom stereocenters. The fraction of sp³-hybridized carbons (Fsp3) is 0.385. The first-order valence-electron chi connectivity index (χ1n) is 6.51. The molecule has 2 rings (SSSR count). The molecule has 2 N–H and O–H groups in total. The van der Waals surface area contributed by atoms with Crippen molar-refractivity contribution in [1.29, 1.82) is 0 Å². The van der Waals surface area contributed by atoms with E-state index in [4.69, 9.17) is 0 Å². The minimum atomic E-state index is -0.649. The Kier molecular flexibility index (Phi) is 4.06. The van der Waals surface area contributed by atoms with Crippen molar-refractivity contribution in [2.75, 3.05) is 25.5 Å². The third-order valence-corrected chi connectivity index (χ3v) is 3.48. The van der Waals surface area contributed by atoms with Crippen molar-refractivity contribution in [2.24, 2.45) is 0 Å². The lowest BCUT2D eigenvalue weighted by Crippen LogP contribution is -2.55. The highest BCUT2D eigenvalue weighted by Gasteiger charge is 2.34. The lowest BCUT2D eigenvalue weighted by molar-refractivity contribution is -0.384. The quantitative estimate of drug-likeness (QED) is 0.627. The van der Waals surface area contributed by atoms with Crippen LogP contribution >= 0.6 is 0 Å². The molecule has 0 bridgehead atoms. The van der Waals surface area contributed by atoms with Gasteiger partial charge in [-0.15, -0.1) is 0 Å². The van der Waals surface area contributed by atoms with Gasteiger partial charge in [0.1, 0.15) is 17.3 Å². The summed E-state index contributed by atoms with van der Waals surface area (Å²) < 4.78 is 0. The first-order valence-corrected chi connectivity index (χ1v) is 6.51. The standard InChI is InChI=1S/C13H16N4O4/c1-8-12(18)15-6-7-16(8)13(19)9-4-3-5-10(14-2)11(9)17(20)21/h3-5,8,14H,6-7H2,1-2H3,(H,15,18). The predicted octanol–water partition coefficient (Wildman–Crippen LogP) is 0.597. The van der Waals surface area contributed by atoms with E-state index in [9.17, 15) is 19.7 Å². The molecule has 1 saturated heterocycles. The average Bonchev–Trinajstić information content (AvgIpc) is 2.48. The number of rotatable bonds is 3. The summed E-state index contributed by atoms with van der Waals surface area (Å²) in [5.74, 6) is -0.775. The first-order chi connectivity index (χ1) is 9.97. The van der Waals surface area contributed by atoms with Crippen LogP contribution in [0, 0.1) is 10.1 Å². The van der Waals surface area contributed by atoms with Crippen molar-refractivity contribution >= 4 is 23.2 Å². The van der Waals surface area contributed by atoms with Gasteiger partial charge in [-0.25, -0.2) is 0 Å². The van der Waals surface area contributed by atoms with E-state index < -0.39 is 16.9 Å². The van der Waals surface area contributed by atoms with Crippen molar-refractivity contribution in [1.82, 2.24) is 10.2 Å². The predicted molar refractivity (Wildman–Crippen MR) is 76.2 cm³/mol. The number of nitro groups is 1. The second-order valence-corrected chi connectivity index (χ2v) is 4.67. The Morgan fingerprint density at radius 1 is 1.52 bits per heavy atom. The molecule has 0 aromatic heterocycles. The highest BCUT2D eigenvalue weighted by atomic mass is 16.6. The molecule has 8 heteroatoms. The fourth-order valence-corrected chi connectivity index (χ4v) is 2.33. The largest absolute Gasteiger partial charge is 0.383 e. The lowest BCUT2D eigenvalue weighted by Gasteiger charge is -2.32. The number of amides is 2. The third kappa shape index (κ3) is 2.64. The van der Waals surface area contributed by atoms with Crippen molar-refractivity contribution < 1.29 is 14.5 Å². The number of para-hydroxylation sites is 1. The number of hydrogen-bond acceptors (Lipinski definition) is 5. The molecule has 21 heavy (non-hydrogen) atoms. The van der Waals surface area contributed by atoms with E-state index in [1.807, 2.05) is 0 Å². The van der Waals surface area contributed by atoms with Gasteiger partial charge in [0, 0.05) is 20.1 Å². The van der Waals surface area contributed by atoms with E-state index >= 15 is 0 Å². The molecular formula is C13H16N4O4. The Balaban J connectivity index is 2.44. The Morgan fingerprint density at radius 2 is 2.24 bits per heavy atom. The second-order valence-electron chi connectivity index (χ2n) is 4.67. The van der Waals surface area contributed by atoms with Gasteiger partial charge in [-0.1, -0.05) is 6.07 Å². The molecule has 1 aromatic carbocycles. The van der Waals surface area contributed by atoms with Crippen molar-refractivity contribution in [3.8, 4) is 0 Å². The molecule has 0 aliphatic carbocycles. The van der Waals surface area contributed by atoms with Crippen molar-refractivity contribution in [3.05, 3.63) is 33.9 Å². The van der Waals surface area contributed by atoms with Crippen LogP contribution in [0.4, 0.5) is 11.4 Å². The summed E-state index contributed by atoms with van der Waals surface area (Å²) in [6.07, 6.45) is 0. The van der Waals surface area contributed by atoms with Crippen LogP contribution in [0.1, 0.15) is 17.3 Å². The highest BCUT2D eigenvalue weighted by molar-refractivity contribution is 6.02. The van der Waals surface area contributed by atoms with Crippen LogP contribution in [-0.4, -0.2) is 47.8 Å². The number of nitrogens with one attached hydrogen (secondary N) is 2. The number of nitro benzene ring substituents is 1. The molecule has 1 atom stereocenters. The molecule has 112 valence electrons. The molecule has 1 fully saturated rings. The fourth-order valence-electron chi connectivity index (χ4n) is 2.33. The van der Waals surface area contributed by atoms with Gasteiger partial charge in [-0.05, 0) is 19.1 Å². The summed E-state index contributed by atoms with van der Waals surface area (Å²) in [6.45, 7) is 2.27. The van der Waals surface area contributed by atoms with Crippen LogP contribution in [0.2, 0.25) is 0 Å². The van der Waals surface area contributed by atoms with Gasteiger partial charge in [0.25, 0.3) is 5.91 Å². The van der Waals surface area contributed by atoms with E-state index in [1.54, 1.807) is 20.0 Å². The number of nitrogens with zero attached hydrogens (tertiary/aromatic N) is 2. The summed E-state index contributed by atoms with van der Waals surface area (Å²) in [7, 11) is 1.55. The maximum atomic E-state index is 12.6. The van der Waals surface area contributed by atoms with Crippen molar-refractivity contribution in [2.45, 2.75) is 13.0 Å². The zero-order chi connectivity index (χ0) is 15.6.